The summed E-state index contributed by atoms with van der Waals surface area (Å²) in [5.74, 6) is -1.22. The normalized spacial score (nSPS) is 24.4. The Morgan fingerprint density at radius 3 is 2.52 bits per heavy atom. The van der Waals surface area contributed by atoms with E-state index in [0.29, 0.717) is 19.4 Å². The molecule has 1 aliphatic carbocycles. The van der Waals surface area contributed by atoms with Gasteiger partial charge in [-0.2, -0.15) is 0 Å². The molecular weight excluding hydrogens is 318 g/mol. The molecule has 5 nitrogen and oxygen atoms in total. The minimum Gasteiger partial charge on any atom is -0.479 e. The molecule has 0 aromatic heterocycles. The predicted octanol–water partition coefficient (Wildman–Crippen LogP) is 3.01. The van der Waals surface area contributed by atoms with Gasteiger partial charge in [0.2, 0.25) is 5.91 Å². The molecule has 1 aromatic rings. The fourth-order valence-electron chi connectivity index (χ4n) is 3.71. The standard InChI is InChI=1S/C20H29NO4/c1-6-25-16-12-20(18(23)24,19(16,4)5)21-17(22)10-9-15-8-7-13(2)11-14(15)3/h7-8,11,16H,6,9-10,12H2,1-5H3,(H,21,22)(H,23,24). The molecule has 1 amide bonds. The van der Waals surface area contributed by atoms with Gasteiger partial charge in [0, 0.05) is 24.9 Å². The largest absolute Gasteiger partial charge is 0.479 e. The highest BCUT2D eigenvalue weighted by Gasteiger charge is 2.66. The average Bonchev–Trinajstić information content (AvgIpc) is 2.52. The summed E-state index contributed by atoms with van der Waals surface area (Å²) in [6, 6.07) is 6.15. The maximum Gasteiger partial charge on any atom is 0.330 e. The SMILES string of the molecule is CCOC1CC(NC(=O)CCc2ccc(C)cc2C)(C(=O)O)C1(C)C. The lowest BCUT2D eigenvalue weighted by Gasteiger charge is -2.58. The second-order valence-electron chi connectivity index (χ2n) is 7.56. The van der Waals surface area contributed by atoms with Crippen LogP contribution in [0, 0.1) is 19.3 Å². The molecule has 5 heteroatoms. The fraction of sp³-hybridized carbons (Fsp3) is 0.600. The average molecular weight is 347 g/mol. The first-order valence-corrected chi connectivity index (χ1v) is 8.86. The topological polar surface area (TPSA) is 75.6 Å². The molecule has 0 saturated heterocycles. The number of amides is 1. The lowest BCUT2D eigenvalue weighted by molar-refractivity contribution is -0.194. The van der Waals surface area contributed by atoms with E-state index < -0.39 is 16.9 Å². The van der Waals surface area contributed by atoms with Gasteiger partial charge in [-0.05, 0) is 38.3 Å². The summed E-state index contributed by atoms with van der Waals surface area (Å²) in [7, 11) is 0. The third-order valence-electron chi connectivity index (χ3n) is 5.60. The number of hydrogen-bond donors (Lipinski definition) is 2. The van der Waals surface area contributed by atoms with Crippen LogP contribution < -0.4 is 5.32 Å². The molecule has 1 fully saturated rings. The number of benzene rings is 1. The number of rotatable bonds is 7. The molecule has 2 N–H and O–H groups in total. The zero-order chi connectivity index (χ0) is 18.8. The van der Waals surface area contributed by atoms with Crippen molar-refractivity contribution in [1.29, 1.82) is 0 Å². The van der Waals surface area contributed by atoms with Gasteiger partial charge in [-0.3, -0.25) is 4.79 Å². The Morgan fingerprint density at radius 1 is 1.32 bits per heavy atom. The van der Waals surface area contributed by atoms with Crippen molar-refractivity contribution in [3.63, 3.8) is 0 Å². The van der Waals surface area contributed by atoms with Crippen molar-refractivity contribution in [1.82, 2.24) is 5.32 Å². The van der Waals surface area contributed by atoms with Gasteiger partial charge in [0.1, 0.15) is 5.54 Å². The van der Waals surface area contributed by atoms with E-state index in [-0.39, 0.29) is 18.4 Å². The number of hydrogen-bond acceptors (Lipinski definition) is 3. The van der Waals surface area contributed by atoms with Crippen LogP contribution in [0.25, 0.3) is 0 Å². The first-order chi connectivity index (χ1) is 11.6. The first kappa shape index (κ1) is 19.4. The van der Waals surface area contributed by atoms with Crippen LogP contribution in [-0.4, -0.2) is 35.2 Å². The summed E-state index contributed by atoms with van der Waals surface area (Å²) in [5.41, 5.74) is 1.55. The summed E-state index contributed by atoms with van der Waals surface area (Å²) in [6.45, 7) is 10.2. The Hall–Kier alpha value is -1.88. The molecule has 0 spiro atoms. The van der Waals surface area contributed by atoms with Crippen LogP contribution >= 0.6 is 0 Å². The summed E-state index contributed by atoms with van der Waals surface area (Å²) < 4.78 is 5.62. The van der Waals surface area contributed by atoms with Crippen LogP contribution in [0.5, 0.6) is 0 Å². The van der Waals surface area contributed by atoms with Crippen LogP contribution in [0.4, 0.5) is 0 Å². The minimum absolute atomic E-state index is 0.159. The summed E-state index contributed by atoms with van der Waals surface area (Å²) >= 11 is 0. The number of aryl methyl sites for hydroxylation is 3. The quantitative estimate of drug-likeness (QED) is 0.795. The van der Waals surface area contributed by atoms with Crippen LogP contribution in [0.1, 0.15) is 50.3 Å². The number of carbonyl (C=O) groups is 2. The third-order valence-corrected chi connectivity index (χ3v) is 5.60. The van der Waals surface area contributed by atoms with Gasteiger partial charge in [-0.15, -0.1) is 0 Å². The Labute approximate surface area is 149 Å². The summed E-state index contributed by atoms with van der Waals surface area (Å²) in [5, 5.41) is 12.5. The molecule has 138 valence electrons. The number of carboxylic acids is 1. The third kappa shape index (κ3) is 3.56. The summed E-state index contributed by atoms with van der Waals surface area (Å²) in [6.07, 6.45) is 1.02. The molecule has 1 aromatic carbocycles. The van der Waals surface area contributed by atoms with E-state index >= 15 is 0 Å². The number of aliphatic carboxylic acids is 1. The Morgan fingerprint density at radius 2 is 2.00 bits per heavy atom. The fourth-order valence-corrected chi connectivity index (χ4v) is 3.71. The van der Waals surface area contributed by atoms with Gasteiger partial charge in [-0.25, -0.2) is 4.79 Å². The first-order valence-electron chi connectivity index (χ1n) is 8.86. The maximum atomic E-state index is 12.4. The zero-order valence-corrected chi connectivity index (χ0v) is 15.8. The Kier molecular flexibility index (Phi) is 5.57. The highest BCUT2D eigenvalue weighted by Crippen LogP contribution is 2.51. The monoisotopic (exact) mass is 347 g/mol. The predicted molar refractivity (Wildman–Crippen MR) is 96.6 cm³/mol. The highest BCUT2D eigenvalue weighted by molar-refractivity contribution is 5.89. The number of carboxylic acid groups (broad SMARTS) is 1. The second kappa shape index (κ2) is 7.16. The van der Waals surface area contributed by atoms with Gasteiger partial charge in [0.25, 0.3) is 0 Å². The van der Waals surface area contributed by atoms with Gasteiger partial charge < -0.3 is 15.2 Å². The van der Waals surface area contributed by atoms with Crippen molar-refractivity contribution in [3.8, 4) is 0 Å². The van der Waals surface area contributed by atoms with Gasteiger partial charge >= 0.3 is 5.97 Å². The van der Waals surface area contributed by atoms with E-state index in [1.807, 2.05) is 46.8 Å². The van der Waals surface area contributed by atoms with E-state index in [9.17, 15) is 14.7 Å². The van der Waals surface area contributed by atoms with Crippen molar-refractivity contribution in [2.24, 2.45) is 5.41 Å². The molecule has 0 heterocycles. The van der Waals surface area contributed by atoms with Crippen LogP contribution in [-0.2, 0) is 20.7 Å². The Bertz CT molecular complexity index is 668. The van der Waals surface area contributed by atoms with Crippen LogP contribution in [0.2, 0.25) is 0 Å². The van der Waals surface area contributed by atoms with Crippen molar-refractivity contribution >= 4 is 11.9 Å². The van der Waals surface area contributed by atoms with Crippen molar-refractivity contribution < 1.29 is 19.4 Å². The lowest BCUT2D eigenvalue weighted by Crippen LogP contribution is -2.76. The molecule has 0 bridgehead atoms. The Balaban J connectivity index is 2.03. The van der Waals surface area contributed by atoms with Gasteiger partial charge in [-0.1, -0.05) is 37.6 Å². The second-order valence-corrected chi connectivity index (χ2v) is 7.56. The van der Waals surface area contributed by atoms with Crippen molar-refractivity contribution in [2.75, 3.05) is 6.61 Å². The number of nitrogens with one attached hydrogen (secondary N) is 1. The minimum atomic E-state index is -1.26. The molecule has 2 atom stereocenters. The van der Waals surface area contributed by atoms with Crippen LogP contribution in [0.3, 0.4) is 0 Å². The lowest BCUT2D eigenvalue weighted by atomic mass is 9.54. The number of carbonyl (C=O) groups excluding carboxylic acids is 1. The van der Waals surface area contributed by atoms with E-state index in [2.05, 4.69) is 11.4 Å². The molecular formula is C20H29NO4. The molecule has 2 rings (SSSR count). The molecule has 1 aliphatic rings. The van der Waals surface area contributed by atoms with Crippen LogP contribution in [0.15, 0.2) is 18.2 Å². The van der Waals surface area contributed by atoms with Crippen molar-refractivity contribution in [3.05, 3.63) is 34.9 Å². The van der Waals surface area contributed by atoms with E-state index in [1.54, 1.807) is 0 Å². The highest BCUT2D eigenvalue weighted by atomic mass is 16.5. The molecule has 2 unspecified atom stereocenters. The van der Waals surface area contributed by atoms with E-state index in [1.165, 1.54) is 5.56 Å². The van der Waals surface area contributed by atoms with Gasteiger partial charge in [0.15, 0.2) is 0 Å². The van der Waals surface area contributed by atoms with Gasteiger partial charge in [0.05, 0.1) is 6.10 Å². The molecule has 1 saturated carbocycles. The summed E-state index contributed by atoms with van der Waals surface area (Å²) in [4.78, 5) is 24.3. The maximum absolute atomic E-state index is 12.4. The smallest absolute Gasteiger partial charge is 0.330 e. The molecule has 0 radical (unpaired) electrons. The molecule has 0 aliphatic heterocycles. The van der Waals surface area contributed by atoms with E-state index in [4.69, 9.17) is 4.74 Å². The molecule has 25 heavy (non-hydrogen) atoms. The zero-order valence-electron chi connectivity index (χ0n) is 15.8. The van der Waals surface area contributed by atoms with E-state index in [0.717, 1.165) is 11.1 Å². The van der Waals surface area contributed by atoms with Crippen molar-refractivity contribution in [2.45, 2.75) is 65.5 Å². The number of ether oxygens (including phenoxy) is 1.